The van der Waals surface area contributed by atoms with E-state index in [9.17, 15) is 4.79 Å². The molecule has 0 radical (unpaired) electrons. The zero-order chi connectivity index (χ0) is 17.8. The molecule has 1 aromatic heterocycles. The Bertz CT molecular complexity index is 853. The highest BCUT2D eigenvalue weighted by Crippen LogP contribution is 2.21. The number of para-hydroxylation sites is 1. The second kappa shape index (κ2) is 7.19. The summed E-state index contributed by atoms with van der Waals surface area (Å²) in [5.74, 6) is -0.0781. The second-order valence-corrected chi connectivity index (χ2v) is 6.10. The normalized spacial score (nSPS) is 10.8. The van der Waals surface area contributed by atoms with Gasteiger partial charge in [0.25, 0.3) is 5.91 Å². The van der Waals surface area contributed by atoms with E-state index in [-0.39, 0.29) is 0 Å². The first kappa shape index (κ1) is 16.7. The number of carbonyl (C=O) groups excluding carboxylic acids is 1. The minimum atomic E-state index is -0.520. The molecule has 0 unspecified atom stereocenters. The largest absolute Gasteiger partial charge is 0.365 e. The zero-order valence-electron chi connectivity index (χ0n) is 14.3. The highest BCUT2D eigenvalue weighted by molar-refractivity contribution is 5.98. The van der Waals surface area contributed by atoms with E-state index in [2.05, 4.69) is 15.3 Å². The molecule has 0 saturated carbocycles. The van der Waals surface area contributed by atoms with Crippen LogP contribution in [0.2, 0.25) is 0 Å². The molecular weight excluding hydrogens is 314 g/mol. The van der Waals surface area contributed by atoms with Crippen molar-refractivity contribution in [3.05, 3.63) is 71.9 Å². The van der Waals surface area contributed by atoms with E-state index in [0.717, 1.165) is 17.9 Å². The van der Waals surface area contributed by atoms with E-state index >= 15 is 0 Å². The number of hydrogen-bond donors (Lipinski definition) is 2. The second-order valence-electron chi connectivity index (χ2n) is 6.10. The Morgan fingerprint density at radius 3 is 2.40 bits per heavy atom. The van der Waals surface area contributed by atoms with Crippen LogP contribution in [0.5, 0.6) is 0 Å². The van der Waals surface area contributed by atoms with Crippen molar-refractivity contribution in [3.63, 3.8) is 0 Å². The van der Waals surface area contributed by atoms with Crippen LogP contribution in [0.15, 0.2) is 60.8 Å². The maximum absolute atomic E-state index is 11.8. The summed E-state index contributed by atoms with van der Waals surface area (Å²) in [6, 6.07) is 17.6. The van der Waals surface area contributed by atoms with Gasteiger partial charge in [0.15, 0.2) is 5.82 Å². The predicted molar refractivity (Wildman–Crippen MR) is 99.2 cm³/mol. The van der Waals surface area contributed by atoms with Gasteiger partial charge in [-0.15, -0.1) is 5.10 Å². The Morgan fingerprint density at radius 2 is 1.80 bits per heavy atom. The van der Waals surface area contributed by atoms with Crippen molar-refractivity contribution in [3.8, 4) is 5.69 Å². The standard InChI is InChI=1S/C19H21N5O/c1-23(2)12-14-8-10-15(11-9-14)21-19-17(18(20)25)13-24(22-19)16-6-4-3-5-7-16/h3-11,13H,12H2,1-2H3,(H2,20,25)(H,21,22). The van der Waals surface area contributed by atoms with Crippen LogP contribution in [-0.4, -0.2) is 34.7 Å². The van der Waals surface area contributed by atoms with Crippen LogP contribution in [0.1, 0.15) is 15.9 Å². The first-order valence-electron chi connectivity index (χ1n) is 7.98. The number of aromatic nitrogens is 2. The van der Waals surface area contributed by atoms with E-state index in [0.29, 0.717) is 11.4 Å². The van der Waals surface area contributed by atoms with Crippen molar-refractivity contribution in [2.75, 3.05) is 19.4 Å². The molecule has 3 aromatic rings. The van der Waals surface area contributed by atoms with Crippen LogP contribution in [0.25, 0.3) is 5.69 Å². The lowest BCUT2D eigenvalue weighted by molar-refractivity contribution is 0.100. The molecule has 0 aliphatic carbocycles. The van der Waals surface area contributed by atoms with Crippen LogP contribution < -0.4 is 11.1 Å². The van der Waals surface area contributed by atoms with Gasteiger partial charge in [-0.2, -0.15) is 0 Å². The van der Waals surface area contributed by atoms with Gasteiger partial charge in [-0.3, -0.25) is 4.79 Å². The molecule has 2 aromatic carbocycles. The van der Waals surface area contributed by atoms with Crippen LogP contribution in [0, 0.1) is 0 Å². The van der Waals surface area contributed by atoms with Crippen molar-refractivity contribution in [1.29, 1.82) is 0 Å². The summed E-state index contributed by atoms with van der Waals surface area (Å²) >= 11 is 0. The number of anilines is 2. The Balaban J connectivity index is 1.86. The summed E-state index contributed by atoms with van der Waals surface area (Å²) < 4.78 is 1.64. The Hall–Kier alpha value is -3.12. The monoisotopic (exact) mass is 335 g/mol. The molecule has 1 heterocycles. The lowest BCUT2D eigenvalue weighted by Crippen LogP contribution is -2.12. The molecule has 6 nitrogen and oxygen atoms in total. The van der Waals surface area contributed by atoms with Gasteiger partial charge in [-0.05, 0) is 43.9 Å². The summed E-state index contributed by atoms with van der Waals surface area (Å²) in [7, 11) is 4.06. The number of primary amides is 1. The number of rotatable bonds is 6. The van der Waals surface area contributed by atoms with E-state index in [1.807, 2.05) is 68.7 Å². The molecule has 0 aliphatic heterocycles. The van der Waals surface area contributed by atoms with Crippen LogP contribution in [-0.2, 0) is 6.54 Å². The van der Waals surface area contributed by atoms with Crippen LogP contribution in [0.3, 0.4) is 0 Å². The highest BCUT2D eigenvalue weighted by Gasteiger charge is 2.15. The molecule has 3 N–H and O–H groups in total. The fourth-order valence-corrected chi connectivity index (χ4v) is 2.55. The van der Waals surface area contributed by atoms with E-state index in [1.54, 1.807) is 10.9 Å². The summed E-state index contributed by atoms with van der Waals surface area (Å²) in [5.41, 5.74) is 8.77. The van der Waals surface area contributed by atoms with Crippen molar-refractivity contribution >= 4 is 17.4 Å². The van der Waals surface area contributed by atoms with Gasteiger partial charge in [0.1, 0.15) is 5.56 Å². The maximum Gasteiger partial charge on any atom is 0.254 e. The average Bonchev–Trinajstić information content (AvgIpc) is 3.01. The predicted octanol–water partition coefficient (Wildman–Crippen LogP) is 2.78. The summed E-state index contributed by atoms with van der Waals surface area (Å²) in [6.45, 7) is 0.870. The SMILES string of the molecule is CN(C)Cc1ccc(Nc2nn(-c3ccccc3)cc2C(N)=O)cc1. The van der Waals surface area contributed by atoms with E-state index in [4.69, 9.17) is 5.73 Å². The van der Waals surface area contributed by atoms with Gasteiger partial charge in [-0.25, -0.2) is 4.68 Å². The first-order valence-corrected chi connectivity index (χ1v) is 7.98. The molecule has 0 aliphatic rings. The van der Waals surface area contributed by atoms with Crippen molar-refractivity contribution in [2.45, 2.75) is 6.54 Å². The van der Waals surface area contributed by atoms with Gasteiger partial charge >= 0.3 is 0 Å². The lowest BCUT2D eigenvalue weighted by Gasteiger charge is -2.10. The third-order valence-corrected chi connectivity index (χ3v) is 3.72. The number of hydrogen-bond acceptors (Lipinski definition) is 4. The lowest BCUT2D eigenvalue weighted by atomic mass is 10.2. The Labute approximate surface area is 146 Å². The Morgan fingerprint density at radius 1 is 1.12 bits per heavy atom. The van der Waals surface area contributed by atoms with Crippen LogP contribution in [0.4, 0.5) is 11.5 Å². The number of nitrogens with zero attached hydrogens (tertiary/aromatic N) is 3. The quantitative estimate of drug-likeness (QED) is 0.726. The summed E-state index contributed by atoms with van der Waals surface area (Å²) in [5, 5.41) is 7.64. The Kier molecular flexibility index (Phi) is 4.81. The number of nitrogens with one attached hydrogen (secondary N) is 1. The van der Waals surface area contributed by atoms with Crippen LogP contribution >= 0.6 is 0 Å². The van der Waals surface area contributed by atoms with Gasteiger partial charge in [0.05, 0.1) is 5.69 Å². The molecule has 0 spiro atoms. The van der Waals surface area contributed by atoms with Crippen molar-refractivity contribution in [2.24, 2.45) is 5.73 Å². The zero-order valence-corrected chi connectivity index (χ0v) is 14.3. The fourth-order valence-electron chi connectivity index (χ4n) is 2.55. The molecule has 0 atom stereocenters. The number of benzene rings is 2. The molecule has 0 bridgehead atoms. The fraction of sp³-hybridized carbons (Fsp3) is 0.158. The molecule has 1 amide bonds. The molecule has 0 fully saturated rings. The van der Waals surface area contributed by atoms with Gasteiger partial charge in [0.2, 0.25) is 0 Å². The molecule has 128 valence electrons. The third-order valence-electron chi connectivity index (χ3n) is 3.72. The molecule has 0 saturated heterocycles. The molecular formula is C19H21N5O. The molecule has 3 rings (SSSR count). The highest BCUT2D eigenvalue weighted by atomic mass is 16.1. The first-order chi connectivity index (χ1) is 12.0. The molecule has 6 heteroatoms. The third kappa shape index (κ3) is 4.05. The number of nitrogens with two attached hydrogens (primary N) is 1. The van der Waals surface area contributed by atoms with Gasteiger partial charge < -0.3 is 16.0 Å². The summed E-state index contributed by atoms with van der Waals surface area (Å²) in [6.07, 6.45) is 1.64. The smallest absolute Gasteiger partial charge is 0.254 e. The minimum Gasteiger partial charge on any atom is -0.365 e. The number of amides is 1. The average molecular weight is 335 g/mol. The summed E-state index contributed by atoms with van der Waals surface area (Å²) in [4.78, 5) is 13.9. The van der Waals surface area contributed by atoms with E-state index in [1.165, 1.54) is 5.56 Å². The maximum atomic E-state index is 11.8. The molecule has 25 heavy (non-hydrogen) atoms. The minimum absolute atomic E-state index is 0.348. The van der Waals surface area contributed by atoms with Crippen molar-refractivity contribution < 1.29 is 4.79 Å². The van der Waals surface area contributed by atoms with Crippen molar-refractivity contribution in [1.82, 2.24) is 14.7 Å². The topological polar surface area (TPSA) is 76.2 Å². The number of carbonyl (C=O) groups is 1. The van der Waals surface area contributed by atoms with Gasteiger partial charge in [-0.1, -0.05) is 30.3 Å². The van der Waals surface area contributed by atoms with E-state index < -0.39 is 5.91 Å². The van der Waals surface area contributed by atoms with Gasteiger partial charge in [0, 0.05) is 18.4 Å².